The number of hydrogen-bond donors (Lipinski definition) is 2. The van der Waals surface area contributed by atoms with E-state index >= 15 is 0 Å². The Kier molecular flexibility index (Phi) is 5.76. The third-order valence-electron chi connectivity index (χ3n) is 4.31. The molecule has 0 radical (unpaired) electrons. The van der Waals surface area contributed by atoms with Crippen molar-refractivity contribution in [2.75, 3.05) is 23.3 Å². The van der Waals surface area contributed by atoms with Gasteiger partial charge in [0.1, 0.15) is 22.5 Å². The number of benzene rings is 2. The summed E-state index contributed by atoms with van der Waals surface area (Å²) in [4.78, 5) is 16.1. The number of anilines is 3. The first-order valence-corrected chi connectivity index (χ1v) is 9.76. The third kappa shape index (κ3) is 4.46. The predicted octanol–water partition coefficient (Wildman–Crippen LogP) is 3.89. The average molecular weight is 435 g/mol. The summed E-state index contributed by atoms with van der Waals surface area (Å²) in [5, 5.41) is 22.1. The first-order valence-electron chi connectivity index (χ1n) is 9.38. The number of phenolic OH excluding ortho intramolecular Hbond substituents is 1. The van der Waals surface area contributed by atoms with E-state index < -0.39 is 0 Å². The summed E-state index contributed by atoms with van der Waals surface area (Å²) >= 11 is 6.11. The number of phenols is 1. The SMILES string of the molecule is C=CCN(CC=C)c1nc(Cl)nc(Nc2ccc3nn(-c4ccccc4O)nc3c2)n1. The number of nitrogens with zero attached hydrogens (tertiary/aromatic N) is 7. The largest absolute Gasteiger partial charge is 0.506 e. The molecular weight excluding hydrogens is 416 g/mol. The van der Waals surface area contributed by atoms with E-state index in [9.17, 15) is 5.11 Å². The Hall–Kier alpha value is -3.98. The van der Waals surface area contributed by atoms with Crippen LogP contribution in [0.4, 0.5) is 17.6 Å². The van der Waals surface area contributed by atoms with Crippen molar-refractivity contribution in [3.8, 4) is 11.4 Å². The van der Waals surface area contributed by atoms with Crippen LogP contribution in [0.1, 0.15) is 0 Å². The number of halogens is 1. The molecule has 0 aliphatic heterocycles. The summed E-state index contributed by atoms with van der Waals surface area (Å²) in [5.74, 6) is 0.798. The number of nitrogens with one attached hydrogen (secondary N) is 1. The Bertz CT molecular complexity index is 1250. The van der Waals surface area contributed by atoms with Gasteiger partial charge < -0.3 is 15.3 Å². The second kappa shape index (κ2) is 8.80. The molecule has 0 aliphatic carbocycles. The molecule has 0 saturated carbocycles. The van der Waals surface area contributed by atoms with E-state index in [-0.39, 0.29) is 11.0 Å². The molecule has 10 heteroatoms. The molecule has 0 fully saturated rings. The molecular formula is C21H19ClN8O. The fourth-order valence-electron chi connectivity index (χ4n) is 2.95. The quantitative estimate of drug-likeness (QED) is 0.402. The summed E-state index contributed by atoms with van der Waals surface area (Å²) in [7, 11) is 0. The maximum Gasteiger partial charge on any atom is 0.233 e. The molecule has 0 amide bonds. The fraction of sp³-hybridized carbons (Fsp3) is 0.0952. The monoisotopic (exact) mass is 434 g/mol. The molecule has 2 heterocycles. The number of para-hydroxylation sites is 2. The van der Waals surface area contributed by atoms with Crippen LogP contribution in [0, 0.1) is 0 Å². The third-order valence-corrected chi connectivity index (χ3v) is 4.48. The Morgan fingerprint density at radius 1 is 1.00 bits per heavy atom. The molecule has 2 N–H and O–H groups in total. The van der Waals surface area contributed by atoms with E-state index in [0.29, 0.717) is 47.4 Å². The van der Waals surface area contributed by atoms with Crippen LogP contribution in [-0.4, -0.2) is 48.1 Å². The number of rotatable bonds is 8. The molecule has 0 spiro atoms. The van der Waals surface area contributed by atoms with Crippen LogP contribution < -0.4 is 10.2 Å². The van der Waals surface area contributed by atoms with Crippen molar-refractivity contribution in [2.24, 2.45) is 0 Å². The van der Waals surface area contributed by atoms with Gasteiger partial charge in [-0.2, -0.15) is 15.0 Å². The normalized spacial score (nSPS) is 10.7. The molecule has 0 unspecified atom stereocenters. The summed E-state index contributed by atoms with van der Waals surface area (Å²) in [6, 6.07) is 12.3. The van der Waals surface area contributed by atoms with Crippen molar-refractivity contribution in [3.05, 3.63) is 73.1 Å². The van der Waals surface area contributed by atoms with Crippen LogP contribution in [-0.2, 0) is 0 Å². The predicted molar refractivity (Wildman–Crippen MR) is 121 cm³/mol. The molecule has 4 aromatic rings. The second-order valence-corrected chi connectivity index (χ2v) is 6.86. The van der Waals surface area contributed by atoms with Crippen molar-refractivity contribution in [2.45, 2.75) is 0 Å². The van der Waals surface area contributed by atoms with Gasteiger partial charge in [-0.15, -0.1) is 28.2 Å². The van der Waals surface area contributed by atoms with Crippen LogP contribution in [0.3, 0.4) is 0 Å². The van der Waals surface area contributed by atoms with E-state index in [1.165, 1.54) is 4.80 Å². The van der Waals surface area contributed by atoms with Gasteiger partial charge in [-0.1, -0.05) is 24.3 Å². The fourth-order valence-corrected chi connectivity index (χ4v) is 3.10. The summed E-state index contributed by atoms with van der Waals surface area (Å²) in [5.41, 5.74) is 2.50. The van der Waals surface area contributed by atoms with Gasteiger partial charge >= 0.3 is 0 Å². The number of hydrogen-bond acceptors (Lipinski definition) is 8. The van der Waals surface area contributed by atoms with Crippen LogP contribution in [0.5, 0.6) is 5.75 Å². The zero-order chi connectivity index (χ0) is 21.8. The molecule has 0 bridgehead atoms. The molecule has 9 nitrogen and oxygen atoms in total. The summed E-state index contributed by atoms with van der Waals surface area (Å²) in [6.45, 7) is 8.58. The van der Waals surface area contributed by atoms with E-state index in [4.69, 9.17) is 11.6 Å². The van der Waals surface area contributed by atoms with Gasteiger partial charge in [-0.05, 0) is 41.9 Å². The van der Waals surface area contributed by atoms with Gasteiger partial charge in [0.05, 0.1) is 0 Å². The summed E-state index contributed by atoms with van der Waals surface area (Å²) < 4.78 is 0. The number of aromatic hydroxyl groups is 1. The first-order chi connectivity index (χ1) is 15.1. The number of aromatic nitrogens is 6. The van der Waals surface area contributed by atoms with Crippen molar-refractivity contribution >= 4 is 40.2 Å². The summed E-state index contributed by atoms with van der Waals surface area (Å²) in [6.07, 6.45) is 3.49. The van der Waals surface area contributed by atoms with Crippen molar-refractivity contribution in [3.63, 3.8) is 0 Å². The minimum absolute atomic E-state index is 0.0669. The maximum atomic E-state index is 10.0. The minimum Gasteiger partial charge on any atom is -0.506 e. The van der Waals surface area contributed by atoms with Crippen molar-refractivity contribution in [1.82, 2.24) is 29.9 Å². The van der Waals surface area contributed by atoms with E-state index in [1.807, 2.05) is 17.0 Å². The van der Waals surface area contributed by atoms with Crippen molar-refractivity contribution < 1.29 is 5.11 Å². The first kappa shape index (κ1) is 20.3. The highest BCUT2D eigenvalue weighted by atomic mass is 35.5. The lowest BCUT2D eigenvalue weighted by molar-refractivity contribution is 0.468. The zero-order valence-corrected chi connectivity index (χ0v) is 17.2. The molecule has 2 aromatic carbocycles. The lowest BCUT2D eigenvalue weighted by atomic mass is 10.3. The lowest BCUT2D eigenvalue weighted by Crippen LogP contribution is -2.25. The van der Waals surface area contributed by atoms with E-state index in [1.54, 1.807) is 42.5 Å². The van der Waals surface area contributed by atoms with Gasteiger partial charge in [0.2, 0.25) is 17.2 Å². The van der Waals surface area contributed by atoms with Gasteiger partial charge in [0.25, 0.3) is 0 Å². The number of fused-ring (bicyclic) bond motifs is 1. The molecule has 0 saturated heterocycles. The van der Waals surface area contributed by atoms with Crippen LogP contribution in [0.2, 0.25) is 5.28 Å². The maximum absolute atomic E-state index is 10.0. The minimum atomic E-state index is 0.0669. The Morgan fingerprint density at radius 2 is 1.74 bits per heavy atom. The average Bonchev–Trinajstić information content (AvgIpc) is 3.16. The molecule has 0 aliphatic rings. The lowest BCUT2D eigenvalue weighted by Gasteiger charge is -2.19. The Labute approximate surface area is 183 Å². The van der Waals surface area contributed by atoms with Crippen LogP contribution >= 0.6 is 11.6 Å². The van der Waals surface area contributed by atoms with Crippen molar-refractivity contribution in [1.29, 1.82) is 0 Å². The van der Waals surface area contributed by atoms with Gasteiger partial charge in [0, 0.05) is 18.8 Å². The van der Waals surface area contributed by atoms with E-state index in [2.05, 4.69) is 43.6 Å². The van der Waals surface area contributed by atoms with Crippen LogP contribution in [0.15, 0.2) is 67.8 Å². The smallest absolute Gasteiger partial charge is 0.233 e. The molecule has 2 aromatic heterocycles. The highest BCUT2D eigenvalue weighted by Crippen LogP contribution is 2.24. The second-order valence-electron chi connectivity index (χ2n) is 6.52. The van der Waals surface area contributed by atoms with Gasteiger partial charge in [-0.25, -0.2) is 0 Å². The molecule has 31 heavy (non-hydrogen) atoms. The molecule has 0 atom stereocenters. The van der Waals surface area contributed by atoms with E-state index in [0.717, 1.165) is 0 Å². The van der Waals surface area contributed by atoms with Crippen LogP contribution in [0.25, 0.3) is 16.7 Å². The van der Waals surface area contributed by atoms with Gasteiger partial charge in [0.15, 0.2) is 0 Å². The molecule has 4 rings (SSSR count). The van der Waals surface area contributed by atoms with Gasteiger partial charge in [-0.3, -0.25) is 0 Å². The highest BCUT2D eigenvalue weighted by molar-refractivity contribution is 6.28. The molecule has 156 valence electrons. The Morgan fingerprint density at radius 3 is 2.48 bits per heavy atom. The highest BCUT2D eigenvalue weighted by Gasteiger charge is 2.13. The Balaban J connectivity index is 1.63. The zero-order valence-electron chi connectivity index (χ0n) is 16.5. The topological polar surface area (TPSA) is 105 Å². The standard InChI is InChI=1S/C21H19ClN8O/c1-3-11-29(12-4-2)21-25-19(22)24-20(26-21)23-14-9-10-15-16(13-14)28-30(27-15)17-7-5-6-8-18(17)31/h3-10,13,31H,1-2,11-12H2,(H,23,24,25,26).